The quantitative estimate of drug-likeness (QED) is 0.617. The lowest BCUT2D eigenvalue weighted by atomic mass is 9.85. The first-order valence-corrected chi connectivity index (χ1v) is 10.6. The van der Waals surface area contributed by atoms with Gasteiger partial charge in [-0.05, 0) is 36.5 Å². The molecule has 160 valence electrons. The number of benzene rings is 1. The summed E-state index contributed by atoms with van der Waals surface area (Å²) in [5.41, 5.74) is 1.68. The van der Waals surface area contributed by atoms with Crippen molar-refractivity contribution < 1.29 is 14.3 Å². The standard InChI is InChI=1S/C21H26ClN5O3/c1-29-18-9-15(19-12-27(13-28)7-8-30-19)5-6-17(18)25-21-24-11-16(22)20(26-21)23-10-14-3-2-4-14/h5-6,9,11,13-14,19H,2-4,7-8,10,12H2,1H3,(H2,23,24,25,26). The van der Waals surface area contributed by atoms with Crippen molar-refractivity contribution in [2.75, 3.05) is 44.0 Å². The van der Waals surface area contributed by atoms with Crippen LogP contribution >= 0.6 is 11.6 Å². The Bertz CT molecular complexity index is 893. The third-order valence-corrected chi connectivity index (χ3v) is 5.89. The molecule has 2 aromatic rings. The van der Waals surface area contributed by atoms with Crippen LogP contribution < -0.4 is 15.4 Å². The number of amides is 1. The van der Waals surface area contributed by atoms with Crippen molar-refractivity contribution in [3.8, 4) is 5.75 Å². The van der Waals surface area contributed by atoms with Crippen LogP contribution in [-0.2, 0) is 9.53 Å². The highest BCUT2D eigenvalue weighted by Gasteiger charge is 2.22. The van der Waals surface area contributed by atoms with Crippen molar-refractivity contribution in [3.05, 3.63) is 35.0 Å². The molecule has 1 aliphatic carbocycles. The van der Waals surface area contributed by atoms with Gasteiger partial charge >= 0.3 is 0 Å². The number of methoxy groups -OCH3 is 1. The molecule has 1 aromatic carbocycles. The fourth-order valence-electron chi connectivity index (χ4n) is 3.59. The van der Waals surface area contributed by atoms with Crippen LogP contribution in [0.3, 0.4) is 0 Å². The predicted octanol–water partition coefficient (Wildman–Crippen LogP) is 3.62. The number of anilines is 3. The number of hydrogen-bond acceptors (Lipinski definition) is 7. The average molecular weight is 432 g/mol. The smallest absolute Gasteiger partial charge is 0.229 e. The number of morpholine rings is 1. The molecule has 1 unspecified atom stereocenters. The summed E-state index contributed by atoms with van der Waals surface area (Å²) in [5.74, 6) is 2.39. The zero-order valence-electron chi connectivity index (χ0n) is 16.9. The lowest BCUT2D eigenvalue weighted by Crippen LogP contribution is -2.37. The number of halogens is 1. The lowest BCUT2D eigenvalue weighted by Gasteiger charge is -2.30. The number of rotatable bonds is 8. The zero-order chi connectivity index (χ0) is 20.9. The molecule has 1 saturated carbocycles. The van der Waals surface area contributed by atoms with Gasteiger partial charge in [0.05, 0.1) is 32.1 Å². The molecule has 1 amide bonds. The fraction of sp³-hybridized carbons (Fsp3) is 0.476. The van der Waals surface area contributed by atoms with Crippen LogP contribution in [0.4, 0.5) is 17.5 Å². The lowest BCUT2D eigenvalue weighted by molar-refractivity contribution is -0.125. The molecule has 1 saturated heterocycles. The van der Waals surface area contributed by atoms with Crippen molar-refractivity contribution in [2.24, 2.45) is 5.92 Å². The van der Waals surface area contributed by atoms with Crippen molar-refractivity contribution in [1.82, 2.24) is 14.9 Å². The van der Waals surface area contributed by atoms with E-state index in [4.69, 9.17) is 21.1 Å². The van der Waals surface area contributed by atoms with Gasteiger partial charge in [0.25, 0.3) is 0 Å². The Morgan fingerprint density at radius 2 is 2.27 bits per heavy atom. The van der Waals surface area contributed by atoms with Gasteiger partial charge < -0.3 is 25.0 Å². The first-order valence-electron chi connectivity index (χ1n) is 10.2. The Labute approximate surface area is 180 Å². The van der Waals surface area contributed by atoms with Gasteiger partial charge in [0.1, 0.15) is 16.9 Å². The maximum atomic E-state index is 11.1. The molecular weight excluding hydrogens is 406 g/mol. The molecule has 2 fully saturated rings. The molecule has 9 heteroatoms. The molecule has 0 radical (unpaired) electrons. The van der Waals surface area contributed by atoms with Crippen LogP contribution in [0.1, 0.15) is 30.9 Å². The van der Waals surface area contributed by atoms with E-state index in [0.29, 0.717) is 48.2 Å². The van der Waals surface area contributed by atoms with E-state index in [-0.39, 0.29) is 6.10 Å². The summed E-state index contributed by atoms with van der Waals surface area (Å²) in [4.78, 5) is 21.6. The summed E-state index contributed by atoms with van der Waals surface area (Å²) in [6.07, 6.45) is 6.06. The number of ether oxygens (including phenoxy) is 2. The highest BCUT2D eigenvalue weighted by atomic mass is 35.5. The summed E-state index contributed by atoms with van der Waals surface area (Å²) in [6.45, 7) is 2.52. The fourth-order valence-corrected chi connectivity index (χ4v) is 3.75. The number of carbonyl (C=O) groups excluding carboxylic acids is 1. The molecule has 2 aliphatic rings. The van der Waals surface area contributed by atoms with Gasteiger partial charge in [-0.15, -0.1) is 0 Å². The van der Waals surface area contributed by atoms with Crippen molar-refractivity contribution in [2.45, 2.75) is 25.4 Å². The monoisotopic (exact) mass is 431 g/mol. The van der Waals surface area contributed by atoms with Gasteiger partial charge in [0.2, 0.25) is 12.4 Å². The Morgan fingerprint density at radius 3 is 3.00 bits per heavy atom. The minimum Gasteiger partial charge on any atom is -0.495 e. The highest BCUT2D eigenvalue weighted by Crippen LogP contribution is 2.33. The summed E-state index contributed by atoms with van der Waals surface area (Å²) in [7, 11) is 1.61. The Kier molecular flexibility index (Phi) is 6.54. The minimum atomic E-state index is -0.180. The Hall–Kier alpha value is -2.58. The van der Waals surface area contributed by atoms with Gasteiger partial charge in [0, 0.05) is 13.1 Å². The van der Waals surface area contributed by atoms with Crippen LogP contribution in [0.15, 0.2) is 24.4 Å². The van der Waals surface area contributed by atoms with E-state index in [2.05, 4.69) is 20.6 Å². The van der Waals surface area contributed by atoms with E-state index >= 15 is 0 Å². The first kappa shape index (κ1) is 20.7. The number of carbonyl (C=O) groups is 1. The van der Waals surface area contributed by atoms with E-state index < -0.39 is 0 Å². The molecule has 8 nitrogen and oxygen atoms in total. The van der Waals surface area contributed by atoms with Crippen LogP contribution in [0.2, 0.25) is 5.02 Å². The summed E-state index contributed by atoms with van der Waals surface area (Å²) >= 11 is 6.25. The molecule has 1 aliphatic heterocycles. The second kappa shape index (κ2) is 9.49. The van der Waals surface area contributed by atoms with Gasteiger partial charge in [-0.3, -0.25) is 4.79 Å². The van der Waals surface area contributed by atoms with E-state index in [9.17, 15) is 4.79 Å². The third-order valence-electron chi connectivity index (χ3n) is 5.62. The van der Waals surface area contributed by atoms with Crippen LogP contribution in [0.5, 0.6) is 5.75 Å². The topological polar surface area (TPSA) is 88.6 Å². The summed E-state index contributed by atoms with van der Waals surface area (Å²) in [5, 5.41) is 7.03. The summed E-state index contributed by atoms with van der Waals surface area (Å²) < 4.78 is 11.4. The first-order chi connectivity index (χ1) is 14.7. The molecule has 4 rings (SSSR count). The van der Waals surface area contributed by atoms with Crippen molar-refractivity contribution >= 4 is 35.5 Å². The SMILES string of the molecule is COc1cc(C2CN(C=O)CCO2)ccc1Nc1ncc(Cl)c(NCC2CCC2)n1. The Balaban J connectivity index is 1.48. The summed E-state index contributed by atoms with van der Waals surface area (Å²) in [6, 6.07) is 5.76. The molecule has 1 aromatic heterocycles. The van der Waals surface area contributed by atoms with Crippen LogP contribution in [0, 0.1) is 5.92 Å². The van der Waals surface area contributed by atoms with Crippen LogP contribution in [0.25, 0.3) is 0 Å². The second-order valence-corrected chi connectivity index (χ2v) is 8.02. The van der Waals surface area contributed by atoms with Gasteiger partial charge in [-0.1, -0.05) is 24.1 Å². The van der Waals surface area contributed by atoms with Gasteiger partial charge in [-0.25, -0.2) is 4.98 Å². The second-order valence-electron chi connectivity index (χ2n) is 7.61. The van der Waals surface area contributed by atoms with Gasteiger partial charge in [0.15, 0.2) is 5.82 Å². The molecular formula is C21H26ClN5O3. The largest absolute Gasteiger partial charge is 0.495 e. The van der Waals surface area contributed by atoms with Crippen molar-refractivity contribution in [3.63, 3.8) is 0 Å². The maximum absolute atomic E-state index is 11.1. The molecule has 2 N–H and O–H groups in total. The van der Waals surface area contributed by atoms with E-state index in [1.165, 1.54) is 19.3 Å². The molecule has 1 atom stereocenters. The Morgan fingerprint density at radius 1 is 1.40 bits per heavy atom. The van der Waals surface area contributed by atoms with Gasteiger partial charge in [-0.2, -0.15) is 4.98 Å². The third kappa shape index (κ3) is 4.76. The van der Waals surface area contributed by atoms with Crippen LogP contribution in [-0.4, -0.2) is 54.6 Å². The van der Waals surface area contributed by atoms with E-state index in [1.807, 2.05) is 18.2 Å². The molecule has 0 spiro atoms. The molecule has 0 bridgehead atoms. The minimum absolute atomic E-state index is 0.180. The molecule has 30 heavy (non-hydrogen) atoms. The number of hydrogen-bond donors (Lipinski definition) is 2. The van der Waals surface area contributed by atoms with E-state index in [0.717, 1.165) is 24.2 Å². The number of aromatic nitrogens is 2. The van der Waals surface area contributed by atoms with E-state index in [1.54, 1.807) is 18.2 Å². The number of nitrogens with zero attached hydrogens (tertiary/aromatic N) is 3. The van der Waals surface area contributed by atoms with Crippen molar-refractivity contribution in [1.29, 1.82) is 0 Å². The maximum Gasteiger partial charge on any atom is 0.229 e. The zero-order valence-corrected chi connectivity index (χ0v) is 17.7. The average Bonchev–Trinajstić information content (AvgIpc) is 2.75. The predicted molar refractivity (Wildman–Crippen MR) is 115 cm³/mol. The molecule has 2 heterocycles. The number of nitrogens with one attached hydrogen (secondary N) is 2. The normalized spacial score (nSPS) is 19.1. The highest BCUT2D eigenvalue weighted by molar-refractivity contribution is 6.32.